The van der Waals surface area contributed by atoms with Crippen LogP contribution in [0.25, 0.3) is 16.9 Å². The second-order valence-corrected chi connectivity index (χ2v) is 8.63. The van der Waals surface area contributed by atoms with Gasteiger partial charge in [-0.15, -0.1) is 11.3 Å². The summed E-state index contributed by atoms with van der Waals surface area (Å²) in [6.45, 7) is 5.87. The van der Waals surface area contributed by atoms with Gasteiger partial charge < -0.3 is 13.8 Å². The van der Waals surface area contributed by atoms with Gasteiger partial charge in [0.2, 0.25) is 0 Å². The molecule has 8 heteroatoms. The number of ether oxygens (including phenoxy) is 1. The van der Waals surface area contributed by atoms with Crippen LogP contribution in [0, 0.1) is 20.8 Å². The molecule has 5 nitrogen and oxygen atoms in total. The average molecular weight is 461 g/mol. The summed E-state index contributed by atoms with van der Waals surface area (Å²) >= 11 is 14.1. The van der Waals surface area contributed by atoms with Crippen molar-refractivity contribution in [1.82, 2.24) is 9.72 Å². The Labute approximate surface area is 187 Å². The van der Waals surface area contributed by atoms with Gasteiger partial charge in [-0.1, -0.05) is 34.4 Å². The summed E-state index contributed by atoms with van der Waals surface area (Å²) in [6.07, 6.45) is 0. The number of aryl methyl sites for hydroxylation is 3. The van der Waals surface area contributed by atoms with E-state index in [4.69, 9.17) is 32.5 Å². The van der Waals surface area contributed by atoms with Crippen LogP contribution in [0.15, 0.2) is 46.3 Å². The molecule has 0 saturated heterocycles. The SMILES string of the molecule is Cc1onc(-c2c(Cl)cccc2Cl)c1C(=O)OCc1sccc1-n1c(C)ccc1C. The zero-order chi connectivity index (χ0) is 21.4. The lowest BCUT2D eigenvalue weighted by atomic mass is 10.1. The Hall–Kier alpha value is -2.54. The van der Waals surface area contributed by atoms with Crippen molar-refractivity contribution in [2.45, 2.75) is 27.4 Å². The van der Waals surface area contributed by atoms with E-state index in [1.54, 1.807) is 25.1 Å². The lowest BCUT2D eigenvalue weighted by Gasteiger charge is -2.11. The zero-order valence-corrected chi connectivity index (χ0v) is 18.9. The van der Waals surface area contributed by atoms with E-state index in [9.17, 15) is 4.79 Å². The lowest BCUT2D eigenvalue weighted by molar-refractivity contribution is 0.0475. The highest BCUT2D eigenvalue weighted by Gasteiger charge is 2.26. The van der Waals surface area contributed by atoms with Gasteiger partial charge in [-0.3, -0.25) is 0 Å². The fourth-order valence-corrected chi connectivity index (χ4v) is 4.74. The lowest BCUT2D eigenvalue weighted by Crippen LogP contribution is -2.08. The molecule has 154 valence electrons. The summed E-state index contributed by atoms with van der Waals surface area (Å²) < 4.78 is 13.0. The monoisotopic (exact) mass is 460 g/mol. The molecule has 0 spiro atoms. The molecule has 0 bridgehead atoms. The zero-order valence-electron chi connectivity index (χ0n) is 16.5. The van der Waals surface area contributed by atoms with Gasteiger partial charge in [0.05, 0.1) is 20.6 Å². The van der Waals surface area contributed by atoms with Gasteiger partial charge in [-0.2, -0.15) is 0 Å². The predicted octanol–water partition coefficient (Wildman–Crippen LogP) is 6.78. The van der Waals surface area contributed by atoms with E-state index in [2.05, 4.69) is 21.9 Å². The second kappa shape index (κ2) is 8.30. The number of carbonyl (C=O) groups is 1. The van der Waals surface area contributed by atoms with Crippen molar-refractivity contribution in [2.24, 2.45) is 0 Å². The maximum absolute atomic E-state index is 13.0. The van der Waals surface area contributed by atoms with E-state index in [-0.39, 0.29) is 17.9 Å². The maximum atomic E-state index is 13.0. The molecule has 0 N–H and O–H groups in total. The molecule has 4 aromatic rings. The largest absolute Gasteiger partial charge is 0.456 e. The first-order valence-corrected chi connectivity index (χ1v) is 10.8. The van der Waals surface area contributed by atoms with Gasteiger partial charge in [0, 0.05) is 17.0 Å². The highest BCUT2D eigenvalue weighted by molar-refractivity contribution is 7.10. The normalized spacial score (nSPS) is 11.1. The molecule has 0 aliphatic carbocycles. The topological polar surface area (TPSA) is 57.3 Å². The van der Waals surface area contributed by atoms with Gasteiger partial charge in [-0.05, 0) is 56.5 Å². The number of aromatic nitrogens is 2. The molecule has 0 saturated carbocycles. The number of hydrogen-bond acceptors (Lipinski definition) is 5. The maximum Gasteiger partial charge on any atom is 0.344 e. The minimum absolute atomic E-state index is 0.128. The molecule has 4 rings (SSSR count). The summed E-state index contributed by atoms with van der Waals surface area (Å²) in [5, 5.41) is 6.75. The van der Waals surface area contributed by atoms with Crippen LogP contribution in [0.2, 0.25) is 10.0 Å². The van der Waals surface area contributed by atoms with Crippen molar-refractivity contribution >= 4 is 40.5 Å². The molecule has 0 atom stereocenters. The molecule has 0 aliphatic rings. The molecule has 1 aromatic carbocycles. The number of esters is 1. The first-order chi connectivity index (χ1) is 14.4. The second-order valence-electron chi connectivity index (χ2n) is 6.82. The van der Waals surface area contributed by atoms with E-state index >= 15 is 0 Å². The molecule has 0 radical (unpaired) electrons. The minimum Gasteiger partial charge on any atom is -0.456 e. The smallest absolute Gasteiger partial charge is 0.344 e. The third kappa shape index (κ3) is 3.67. The van der Waals surface area contributed by atoms with Gasteiger partial charge >= 0.3 is 5.97 Å². The van der Waals surface area contributed by atoms with E-state index in [0.29, 0.717) is 21.4 Å². The Bertz CT molecular complexity index is 1200. The first-order valence-electron chi connectivity index (χ1n) is 9.18. The number of hydrogen-bond donors (Lipinski definition) is 0. The molecule has 0 aliphatic heterocycles. The number of carbonyl (C=O) groups excluding carboxylic acids is 1. The molecule has 3 heterocycles. The van der Waals surface area contributed by atoms with Gasteiger partial charge in [-0.25, -0.2) is 4.79 Å². The van der Waals surface area contributed by atoms with Gasteiger partial charge in [0.15, 0.2) is 0 Å². The number of benzene rings is 1. The third-order valence-electron chi connectivity index (χ3n) is 4.83. The summed E-state index contributed by atoms with van der Waals surface area (Å²) in [4.78, 5) is 13.9. The van der Waals surface area contributed by atoms with Crippen LogP contribution < -0.4 is 0 Å². The van der Waals surface area contributed by atoms with Crippen LogP contribution in [0.5, 0.6) is 0 Å². The highest BCUT2D eigenvalue weighted by atomic mass is 35.5. The van der Waals surface area contributed by atoms with Crippen LogP contribution in [-0.2, 0) is 11.3 Å². The Kier molecular flexibility index (Phi) is 5.73. The Morgan fingerprint density at radius 2 is 1.77 bits per heavy atom. The van der Waals surface area contributed by atoms with Crippen LogP contribution in [0.3, 0.4) is 0 Å². The molecular weight excluding hydrogens is 443 g/mol. The van der Waals surface area contributed by atoms with Crippen molar-refractivity contribution in [3.63, 3.8) is 0 Å². The standard InChI is InChI=1S/C22H18Cl2N2O3S/c1-12-7-8-13(2)26(12)17-9-10-30-18(17)11-28-22(27)19-14(3)29-25-21(19)20-15(23)5-4-6-16(20)24/h4-10H,11H2,1-3H3. The van der Waals surface area contributed by atoms with E-state index in [1.807, 2.05) is 25.3 Å². The van der Waals surface area contributed by atoms with Crippen molar-refractivity contribution in [1.29, 1.82) is 0 Å². The van der Waals surface area contributed by atoms with E-state index in [1.165, 1.54) is 11.3 Å². The highest BCUT2D eigenvalue weighted by Crippen LogP contribution is 2.37. The Balaban J connectivity index is 1.62. The number of nitrogens with zero attached hydrogens (tertiary/aromatic N) is 2. The molecule has 0 unspecified atom stereocenters. The van der Waals surface area contributed by atoms with Crippen LogP contribution in [-0.4, -0.2) is 15.7 Å². The Morgan fingerprint density at radius 1 is 1.10 bits per heavy atom. The average Bonchev–Trinajstić information content (AvgIpc) is 3.39. The van der Waals surface area contributed by atoms with Crippen molar-refractivity contribution in [3.05, 3.63) is 79.4 Å². The first kappa shape index (κ1) is 20.7. The summed E-state index contributed by atoms with van der Waals surface area (Å²) in [7, 11) is 0. The molecule has 30 heavy (non-hydrogen) atoms. The fourth-order valence-electron chi connectivity index (χ4n) is 3.40. The summed E-state index contributed by atoms with van der Waals surface area (Å²) in [5.74, 6) is -0.200. The third-order valence-corrected chi connectivity index (χ3v) is 6.35. The molecule has 0 amide bonds. The van der Waals surface area contributed by atoms with E-state index < -0.39 is 5.97 Å². The number of halogens is 2. The minimum atomic E-state index is -0.542. The summed E-state index contributed by atoms with van der Waals surface area (Å²) in [6, 6.07) is 11.2. The Morgan fingerprint density at radius 3 is 2.43 bits per heavy atom. The summed E-state index contributed by atoms with van der Waals surface area (Å²) in [5.41, 5.74) is 4.17. The fraction of sp³-hybridized carbons (Fsp3) is 0.182. The predicted molar refractivity (Wildman–Crippen MR) is 119 cm³/mol. The molecule has 0 fully saturated rings. The van der Waals surface area contributed by atoms with Gasteiger partial charge in [0.25, 0.3) is 0 Å². The molecular formula is C22H18Cl2N2O3S. The van der Waals surface area contributed by atoms with Crippen LogP contribution in [0.4, 0.5) is 0 Å². The van der Waals surface area contributed by atoms with Crippen LogP contribution >= 0.6 is 34.5 Å². The number of rotatable bonds is 5. The quantitative estimate of drug-likeness (QED) is 0.307. The van der Waals surface area contributed by atoms with Crippen molar-refractivity contribution < 1.29 is 14.1 Å². The van der Waals surface area contributed by atoms with Crippen molar-refractivity contribution in [3.8, 4) is 16.9 Å². The van der Waals surface area contributed by atoms with Gasteiger partial charge in [0.1, 0.15) is 23.6 Å². The van der Waals surface area contributed by atoms with Crippen LogP contribution in [0.1, 0.15) is 32.4 Å². The van der Waals surface area contributed by atoms with E-state index in [0.717, 1.165) is 22.0 Å². The number of thiophene rings is 1. The van der Waals surface area contributed by atoms with Crippen molar-refractivity contribution in [2.75, 3.05) is 0 Å². The molecule has 3 aromatic heterocycles.